The normalized spacial score (nSPS) is 23.8. The molecule has 0 bridgehead atoms. The van der Waals surface area contributed by atoms with Gasteiger partial charge in [-0.1, -0.05) is 0 Å². The van der Waals surface area contributed by atoms with E-state index < -0.39 is 36.3 Å². The summed E-state index contributed by atoms with van der Waals surface area (Å²) in [5.74, 6) is -3.25. The average molecular weight is 198 g/mol. The number of aliphatic hydroxyl groups excluding tert-OH is 3. The first-order valence-corrected chi connectivity index (χ1v) is 3.18. The predicted octanol–water partition coefficient (Wildman–Crippen LogP) is -5.60. The molecule has 0 saturated heterocycles. The first kappa shape index (κ1) is 12.7. The summed E-state index contributed by atoms with van der Waals surface area (Å²) in [5.41, 5.74) is 0. The van der Waals surface area contributed by atoms with Crippen molar-refractivity contribution in [3.05, 3.63) is 11.5 Å². The van der Waals surface area contributed by atoms with Crippen molar-refractivity contribution in [3.8, 4) is 0 Å². The summed E-state index contributed by atoms with van der Waals surface area (Å²) in [4.78, 5) is 10.5. The van der Waals surface area contributed by atoms with Crippen LogP contribution in [0, 0.1) is 0 Å². The van der Waals surface area contributed by atoms with Gasteiger partial charge in [0.05, 0.1) is 6.61 Å². The van der Waals surface area contributed by atoms with Crippen LogP contribution in [0.3, 0.4) is 0 Å². The first-order chi connectivity index (χ1) is 5.57. The first-order valence-electron chi connectivity index (χ1n) is 3.18. The van der Waals surface area contributed by atoms with Crippen LogP contribution in [0.15, 0.2) is 11.5 Å². The fourth-order valence-corrected chi connectivity index (χ4v) is 0.815. The van der Waals surface area contributed by atoms with Crippen LogP contribution in [0.5, 0.6) is 0 Å². The Balaban J connectivity index is 0.00000144. The number of hydrogen-bond donors (Lipinski definition) is 3. The van der Waals surface area contributed by atoms with E-state index in [2.05, 4.69) is 4.74 Å². The molecule has 2 unspecified atom stereocenters. The van der Waals surface area contributed by atoms with Gasteiger partial charge in [0, 0.05) is 5.76 Å². The van der Waals surface area contributed by atoms with E-state index in [0.717, 1.165) is 0 Å². The number of aliphatic hydroxyl groups is 3. The van der Waals surface area contributed by atoms with Gasteiger partial charge in [0.1, 0.15) is 11.9 Å². The third-order valence-electron chi connectivity index (χ3n) is 1.46. The number of ether oxygens (including phenoxy) is 1. The molecule has 1 heterocycles. The molecule has 3 N–H and O–H groups in total. The third kappa shape index (κ3) is 2.35. The van der Waals surface area contributed by atoms with E-state index in [1.807, 2.05) is 0 Å². The van der Waals surface area contributed by atoms with Crippen molar-refractivity contribution in [2.75, 3.05) is 6.61 Å². The molecule has 2 atom stereocenters. The number of hydrogen-bond acceptors (Lipinski definition) is 6. The van der Waals surface area contributed by atoms with Crippen LogP contribution < -0.4 is 34.7 Å². The number of carbonyl (C=O) groups excluding carboxylic acids is 1. The second kappa shape index (κ2) is 4.83. The molecule has 7 heteroatoms. The van der Waals surface area contributed by atoms with Crippen molar-refractivity contribution in [1.82, 2.24) is 0 Å². The fourth-order valence-electron chi connectivity index (χ4n) is 0.815. The fraction of sp³-hybridized carbons (Fsp3) is 0.500. The second-order valence-electron chi connectivity index (χ2n) is 2.29. The molecule has 0 aromatic heterocycles. The second-order valence-corrected chi connectivity index (χ2v) is 2.29. The molecule has 1 rings (SSSR count). The average Bonchev–Trinajstić information content (AvgIpc) is 2.32. The monoisotopic (exact) mass is 198 g/mol. The van der Waals surface area contributed by atoms with Gasteiger partial charge in [0.25, 0.3) is 0 Å². The summed E-state index contributed by atoms with van der Waals surface area (Å²) in [6.45, 7) is -0.699. The Kier molecular flexibility index (Phi) is 4.72. The number of cyclic esters (lactones) is 1. The molecule has 13 heavy (non-hydrogen) atoms. The van der Waals surface area contributed by atoms with Crippen molar-refractivity contribution in [1.29, 1.82) is 0 Å². The molecule has 0 aromatic carbocycles. The summed E-state index contributed by atoms with van der Waals surface area (Å²) in [7, 11) is 0. The van der Waals surface area contributed by atoms with Gasteiger partial charge in [0.15, 0.2) is 6.10 Å². The zero-order chi connectivity index (χ0) is 9.30. The molecule has 1 aliphatic rings. The topological polar surface area (TPSA) is 110 Å². The third-order valence-corrected chi connectivity index (χ3v) is 1.46. The van der Waals surface area contributed by atoms with Gasteiger partial charge >= 0.3 is 35.5 Å². The molecular formula is C6H7NaO6. The van der Waals surface area contributed by atoms with Crippen LogP contribution in [0.1, 0.15) is 0 Å². The SMILES string of the molecule is O=C1OC(C(O)CO)C(O)=C1[O-].[Na+]. The van der Waals surface area contributed by atoms with Crippen LogP contribution in [0.2, 0.25) is 0 Å². The molecule has 0 aromatic rings. The summed E-state index contributed by atoms with van der Waals surface area (Å²) < 4.78 is 4.25. The van der Waals surface area contributed by atoms with E-state index in [4.69, 9.17) is 15.3 Å². The van der Waals surface area contributed by atoms with E-state index >= 15 is 0 Å². The van der Waals surface area contributed by atoms with Gasteiger partial charge in [-0.2, -0.15) is 0 Å². The Bertz CT molecular complexity index is 237. The number of carbonyl (C=O) groups is 1. The molecule has 0 spiro atoms. The van der Waals surface area contributed by atoms with Crippen molar-refractivity contribution < 1.29 is 59.5 Å². The summed E-state index contributed by atoms with van der Waals surface area (Å²) in [5, 5.41) is 36.8. The molecule has 0 amide bonds. The van der Waals surface area contributed by atoms with E-state index in [-0.39, 0.29) is 29.6 Å². The van der Waals surface area contributed by atoms with E-state index in [1.54, 1.807) is 0 Å². The summed E-state index contributed by atoms with van der Waals surface area (Å²) >= 11 is 0. The van der Waals surface area contributed by atoms with Crippen molar-refractivity contribution >= 4 is 5.97 Å². The zero-order valence-corrected chi connectivity index (χ0v) is 8.93. The van der Waals surface area contributed by atoms with Crippen LogP contribution in [-0.2, 0) is 9.53 Å². The zero-order valence-electron chi connectivity index (χ0n) is 6.93. The molecule has 1 aliphatic heterocycles. The maximum atomic E-state index is 10.6. The van der Waals surface area contributed by atoms with Crippen LogP contribution in [-0.4, -0.2) is 40.1 Å². The smallest absolute Gasteiger partial charge is 0.865 e. The van der Waals surface area contributed by atoms with Gasteiger partial charge in [-0.25, -0.2) is 4.79 Å². The minimum Gasteiger partial charge on any atom is -0.865 e. The predicted molar refractivity (Wildman–Crippen MR) is 32.6 cm³/mol. The summed E-state index contributed by atoms with van der Waals surface area (Å²) in [6, 6.07) is 0. The Labute approximate surface area is 95.7 Å². The van der Waals surface area contributed by atoms with Gasteiger partial charge in [-0.3, -0.25) is 0 Å². The Morgan fingerprint density at radius 1 is 1.62 bits per heavy atom. The van der Waals surface area contributed by atoms with Crippen LogP contribution in [0.25, 0.3) is 0 Å². The molecule has 68 valence electrons. The molecule has 0 saturated carbocycles. The largest absolute Gasteiger partial charge is 1.00 e. The van der Waals surface area contributed by atoms with E-state index in [9.17, 15) is 9.90 Å². The van der Waals surface area contributed by atoms with Crippen LogP contribution in [0.4, 0.5) is 0 Å². The quantitative estimate of drug-likeness (QED) is 0.301. The number of esters is 1. The molecule has 0 aliphatic carbocycles. The standard InChI is InChI=1S/C6H8O6.Na/c7-1-2(8)5-3(9)4(10)6(11)12-5;/h2,5,7-10H,1H2;/q;+1/p-1. The van der Waals surface area contributed by atoms with Crippen molar-refractivity contribution in [2.45, 2.75) is 12.2 Å². The van der Waals surface area contributed by atoms with Gasteiger partial charge in [-0.15, -0.1) is 0 Å². The maximum Gasteiger partial charge on any atom is 1.00 e. The summed E-state index contributed by atoms with van der Waals surface area (Å²) in [6.07, 6.45) is -2.88. The van der Waals surface area contributed by atoms with Gasteiger partial charge < -0.3 is 25.2 Å². The van der Waals surface area contributed by atoms with E-state index in [0.29, 0.717) is 0 Å². The van der Waals surface area contributed by atoms with Crippen molar-refractivity contribution in [2.24, 2.45) is 0 Å². The number of rotatable bonds is 2. The molecule has 0 fully saturated rings. The minimum absolute atomic E-state index is 0. The Morgan fingerprint density at radius 3 is 2.46 bits per heavy atom. The molecule has 0 radical (unpaired) electrons. The molecular weight excluding hydrogens is 191 g/mol. The van der Waals surface area contributed by atoms with Gasteiger partial charge in [-0.05, 0) is 0 Å². The molecule has 6 nitrogen and oxygen atoms in total. The Morgan fingerprint density at radius 2 is 2.15 bits per heavy atom. The van der Waals surface area contributed by atoms with Crippen molar-refractivity contribution in [3.63, 3.8) is 0 Å². The van der Waals surface area contributed by atoms with Gasteiger partial charge in [0.2, 0.25) is 0 Å². The Hall–Kier alpha value is -0.270. The minimum atomic E-state index is -1.46. The van der Waals surface area contributed by atoms with Crippen LogP contribution >= 0.6 is 0 Å². The maximum absolute atomic E-state index is 10.6. The van der Waals surface area contributed by atoms with E-state index in [1.165, 1.54) is 0 Å².